The summed E-state index contributed by atoms with van der Waals surface area (Å²) in [6.07, 6.45) is 0.968. The van der Waals surface area contributed by atoms with Crippen LogP contribution in [0.3, 0.4) is 0 Å². The number of benzene rings is 1. The molecule has 0 amide bonds. The van der Waals surface area contributed by atoms with Crippen molar-refractivity contribution in [3.63, 3.8) is 0 Å². The van der Waals surface area contributed by atoms with E-state index in [2.05, 4.69) is 24.9 Å². The third kappa shape index (κ3) is 5.81. The van der Waals surface area contributed by atoms with Crippen LogP contribution in [-0.2, 0) is 11.2 Å². The van der Waals surface area contributed by atoms with Gasteiger partial charge in [0.25, 0.3) is 0 Å². The van der Waals surface area contributed by atoms with Gasteiger partial charge in [-0.3, -0.25) is 0 Å². The molecule has 108 valence electrons. The minimum atomic E-state index is 0.441. The lowest BCUT2D eigenvalue weighted by molar-refractivity contribution is 0.111. The smallest absolute Gasteiger partial charge is 0.122 e. The summed E-state index contributed by atoms with van der Waals surface area (Å²) in [7, 11) is 3.83. The van der Waals surface area contributed by atoms with Crippen LogP contribution in [0, 0.1) is 0 Å². The van der Waals surface area contributed by atoms with E-state index >= 15 is 0 Å². The Labute approximate surface area is 121 Å². The van der Waals surface area contributed by atoms with Gasteiger partial charge in [0.1, 0.15) is 5.75 Å². The number of halogens is 1. The van der Waals surface area contributed by atoms with Crippen LogP contribution < -0.4 is 4.74 Å². The molecule has 1 atom stereocenters. The van der Waals surface area contributed by atoms with E-state index in [4.69, 9.17) is 21.1 Å². The molecule has 0 N–H and O–H groups in total. The molecule has 0 bridgehead atoms. The van der Waals surface area contributed by atoms with Crippen molar-refractivity contribution in [3.05, 3.63) is 29.8 Å². The maximum absolute atomic E-state index is 5.57. The molecule has 1 rings (SSSR count). The van der Waals surface area contributed by atoms with Crippen molar-refractivity contribution in [1.29, 1.82) is 0 Å². The number of rotatable bonds is 9. The van der Waals surface area contributed by atoms with E-state index in [1.807, 2.05) is 18.2 Å². The fraction of sp³-hybridized carbons (Fsp3) is 0.600. The number of para-hydroxylation sites is 1. The summed E-state index contributed by atoms with van der Waals surface area (Å²) in [4.78, 5) is 2.29. The number of alkyl halides is 1. The normalized spacial score (nSPS) is 12.7. The molecule has 0 aliphatic carbocycles. The average Bonchev–Trinajstić information content (AvgIpc) is 2.44. The first-order chi connectivity index (χ1) is 9.19. The van der Waals surface area contributed by atoms with Gasteiger partial charge in [0.15, 0.2) is 0 Å². The van der Waals surface area contributed by atoms with Gasteiger partial charge in [-0.1, -0.05) is 18.2 Å². The largest absolute Gasteiger partial charge is 0.496 e. The Balaban J connectivity index is 2.42. The summed E-state index contributed by atoms with van der Waals surface area (Å²) in [5, 5.41) is 0. The summed E-state index contributed by atoms with van der Waals surface area (Å²) >= 11 is 5.57. The summed E-state index contributed by atoms with van der Waals surface area (Å²) in [5.74, 6) is 1.52. The van der Waals surface area contributed by atoms with E-state index in [0.29, 0.717) is 18.5 Å². The maximum atomic E-state index is 5.57. The van der Waals surface area contributed by atoms with Crippen molar-refractivity contribution in [3.8, 4) is 5.75 Å². The molecule has 0 saturated carbocycles. The first-order valence-electron chi connectivity index (χ1n) is 6.65. The molecular formula is C15H24ClNO2. The SMILES string of the molecule is COc1ccccc1CC(C)N(C)CCOCCCl. The molecule has 3 nitrogen and oxygen atoms in total. The Hall–Kier alpha value is -0.770. The van der Waals surface area contributed by atoms with Crippen molar-refractivity contribution >= 4 is 11.6 Å². The minimum absolute atomic E-state index is 0.441. The van der Waals surface area contributed by atoms with E-state index in [-0.39, 0.29) is 0 Å². The summed E-state index contributed by atoms with van der Waals surface area (Å²) < 4.78 is 10.8. The molecule has 1 unspecified atom stereocenters. The predicted octanol–water partition coefficient (Wildman–Crippen LogP) is 2.81. The number of hydrogen-bond acceptors (Lipinski definition) is 3. The van der Waals surface area contributed by atoms with Crippen LogP contribution in [0.4, 0.5) is 0 Å². The first-order valence-corrected chi connectivity index (χ1v) is 7.18. The van der Waals surface area contributed by atoms with Crippen molar-refractivity contribution < 1.29 is 9.47 Å². The van der Waals surface area contributed by atoms with Crippen LogP contribution in [0.5, 0.6) is 5.75 Å². The van der Waals surface area contributed by atoms with Gasteiger partial charge in [-0.25, -0.2) is 0 Å². The molecule has 1 aromatic carbocycles. The first kappa shape index (κ1) is 16.3. The summed E-state index contributed by atoms with van der Waals surface area (Å²) in [6, 6.07) is 8.61. The molecule has 0 radical (unpaired) electrons. The molecule has 0 heterocycles. The fourth-order valence-corrected chi connectivity index (χ4v) is 2.04. The third-order valence-electron chi connectivity index (χ3n) is 3.27. The Kier molecular flexibility index (Phi) is 7.87. The number of ether oxygens (including phenoxy) is 2. The van der Waals surface area contributed by atoms with E-state index in [0.717, 1.165) is 25.3 Å². The highest BCUT2D eigenvalue weighted by molar-refractivity contribution is 6.17. The molecule has 19 heavy (non-hydrogen) atoms. The topological polar surface area (TPSA) is 21.7 Å². The molecule has 1 aromatic rings. The van der Waals surface area contributed by atoms with Gasteiger partial charge in [-0.15, -0.1) is 11.6 Å². The van der Waals surface area contributed by atoms with Crippen molar-refractivity contribution in [2.75, 3.05) is 39.8 Å². The zero-order valence-electron chi connectivity index (χ0n) is 12.1. The van der Waals surface area contributed by atoms with Gasteiger partial charge in [-0.2, -0.15) is 0 Å². The van der Waals surface area contributed by atoms with Gasteiger partial charge >= 0.3 is 0 Å². The lowest BCUT2D eigenvalue weighted by Gasteiger charge is -2.25. The maximum Gasteiger partial charge on any atom is 0.122 e. The lowest BCUT2D eigenvalue weighted by atomic mass is 10.1. The number of hydrogen-bond donors (Lipinski definition) is 0. The van der Waals surface area contributed by atoms with E-state index in [1.165, 1.54) is 5.56 Å². The zero-order chi connectivity index (χ0) is 14.1. The molecule has 0 fully saturated rings. The molecule has 0 aliphatic heterocycles. The standard InChI is InChI=1S/C15H24ClNO2/c1-13(17(2)9-11-19-10-8-16)12-14-6-4-5-7-15(14)18-3/h4-7,13H,8-12H2,1-3H3. The molecule has 0 spiro atoms. The van der Waals surface area contributed by atoms with Crippen molar-refractivity contribution in [1.82, 2.24) is 4.90 Å². The summed E-state index contributed by atoms with van der Waals surface area (Å²) in [6.45, 7) is 4.47. The second kappa shape index (κ2) is 9.18. The lowest BCUT2D eigenvalue weighted by Crippen LogP contribution is -2.33. The average molecular weight is 286 g/mol. The second-order valence-electron chi connectivity index (χ2n) is 4.65. The minimum Gasteiger partial charge on any atom is -0.496 e. The number of nitrogens with zero attached hydrogens (tertiary/aromatic N) is 1. The van der Waals surface area contributed by atoms with Crippen molar-refractivity contribution in [2.24, 2.45) is 0 Å². The van der Waals surface area contributed by atoms with Crippen molar-refractivity contribution in [2.45, 2.75) is 19.4 Å². The van der Waals surface area contributed by atoms with Crippen LogP contribution in [0.2, 0.25) is 0 Å². The quantitative estimate of drug-likeness (QED) is 0.514. The molecular weight excluding hydrogens is 262 g/mol. The van der Waals surface area contributed by atoms with Gasteiger partial charge in [0.05, 0.1) is 20.3 Å². The Bertz CT molecular complexity index is 360. The van der Waals surface area contributed by atoms with Gasteiger partial charge in [0, 0.05) is 18.5 Å². The monoisotopic (exact) mass is 285 g/mol. The van der Waals surface area contributed by atoms with Crippen LogP contribution >= 0.6 is 11.6 Å². The van der Waals surface area contributed by atoms with E-state index in [1.54, 1.807) is 7.11 Å². The number of likely N-dealkylation sites (N-methyl/N-ethyl adjacent to an activating group) is 1. The Morgan fingerprint density at radius 3 is 2.68 bits per heavy atom. The molecule has 0 aliphatic rings. The zero-order valence-corrected chi connectivity index (χ0v) is 12.8. The van der Waals surface area contributed by atoms with Gasteiger partial charge in [0.2, 0.25) is 0 Å². The molecule has 4 heteroatoms. The second-order valence-corrected chi connectivity index (χ2v) is 5.02. The fourth-order valence-electron chi connectivity index (χ4n) is 1.93. The highest BCUT2D eigenvalue weighted by Gasteiger charge is 2.12. The number of methoxy groups -OCH3 is 1. The molecule has 0 aromatic heterocycles. The van der Waals surface area contributed by atoms with Gasteiger partial charge < -0.3 is 14.4 Å². The van der Waals surface area contributed by atoms with Crippen LogP contribution in [0.25, 0.3) is 0 Å². The van der Waals surface area contributed by atoms with E-state index in [9.17, 15) is 0 Å². The van der Waals surface area contributed by atoms with Crippen LogP contribution in [0.15, 0.2) is 24.3 Å². The Morgan fingerprint density at radius 2 is 2.00 bits per heavy atom. The molecule has 0 saturated heterocycles. The third-order valence-corrected chi connectivity index (χ3v) is 3.42. The Morgan fingerprint density at radius 1 is 1.26 bits per heavy atom. The predicted molar refractivity (Wildman–Crippen MR) is 80.3 cm³/mol. The van der Waals surface area contributed by atoms with E-state index < -0.39 is 0 Å². The highest BCUT2D eigenvalue weighted by Crippen LogP contribution is 2.20. The summed E-state index contributed by atoms with van der Waals surface area (Å²) in [5.41, 5.74) is 1.24. The highest BCUT2D eigenvalue weighted by atomic mass is 35.5. The van der Waals surface area contributed by atoms with Crippen LogP contribution in [-0.4, -0.2) is 50.7 Å². The van der Waals surface area contributed by atoms with Crippen LogP contribution in [0.1, 0.15) is 12.5 Å². The van der Waals surface area contributed by atoms with Gasteiger partial charge in [-0.05, 0) is 32.0 Å².